The van der Waals surface area contributed by atoms with Gasteiger partial charge in [-0.3, -0.25) is 4.79 Å². The normalized spacial score (nSPS) is 26.0. The van der Waals surface area contributed by atoms with E-state index in [2.05, 4.69) is 11.9 Å². The van der Waals surface area contributed by atoms with Gasteiger partial charge in [0, 0.05) is 16.8 Å². The van der Waals surface area contributed by atoms with Crippen LogP contribution in [0.5, 0.6) is 0 Å². The van der Waals surface area contributed by atoms with E-state index in [1.807, 2.05) is 48.5 Å². The fraction of sp³-hybridized carbons (Fsp3) is 0.111. The zero-order chi connectivity index (χ0) is 15.3. The molecule has 22 heavy (non-hydrogen) atoms. The second kappa shape index (κ2) is 4.31. The number of rotatable bonds is 1. The van der Waals surface area contributed by atoms with Gasteiger partial charge >= 0.3 is 5.97 Å². The van der Waals surface area contributed by atoms with Gasteiger partial charge < -0.3 is 10.1 Å². The Bertz CT molecular complexity index is 812. The van der Waals surface area contributed by atoms with Crippen LogP contribution in [0.1, 0.15) is 17.0 Å². The van der Waals surface area contributed by atoms with Gasteiger partial charge in [-0.2, -0.15) is 0 Å². The van der Waals surface area contributed by atoms with Crippen molar-refractivity contribution in [3.63, 3.8) is 0 Å². The van der Waals surface area contributed by atoms with E-state index >= 15 is 0 Å². The summed E-state index contributed by atoms with van der Waals surface area (Å²) in [6, 6.07) is 16.7. The molecule has 0 aromatic heterocycles. The zero-order valence-corrected chi connectivity index (χ0v) is 11.7. The summed E-state index contributed by atoms with van der Waals surface area (Å²) in [6.07, 6.45) is 0. The van der Waals surface area contributed by atoms with Crippen LogP contribution in [-0.4, -0.2) is 11.9 Å². The smallest absolute Gasteiger partial charge is 0.335 e. The third-order valence-electron chi connectivity index (χ3n) is 4.32. The van der Waals surface area contributed by atoms with Crippen molar-refractivity contribution in [2.75, 3.05) is 5.32 Å². The van der Waals surface area contributed by atoms with Crippen LogP contribution in [-0.2, 0) is 19.9 Å². The van der Waals surface area contributed by atoms with Crippen LogP contribution in [0.15, 0.2) is 66.7 Å². The lowest BCUT2D eigenvalue weighted by atomic mass is 9.76. The van der Waals surface area contributed by atoms with Gasteiger partial charge in [0.15, 0.2) is 0 Å². The molecule has 0 radical (unpaired) electrons. The SMILES string of the molecule is C=C1C(=O)OC2(C(=O)Nc3ccccc32)C1c1ccccc1. The molecule has 108 valence electrons. The maximum absolute atomic E-state index is 12.7. The number of carbonyl (C=O) groups excluding carboxylic acids is 2. The number of para-hydroxylation sites is 1. The number of amides is 1. The lowest BCUT2D eigenvalue weighted by Gasteiger charge is -2.27. The van der Waals surface area contributed by atoms with Crippen LogP contribution in [0.4, 0.5) is 5.69 Å². The largest absolute Gasteiger partial charge is 0.439 e. The summed E-state index contributed by atoms with van der Waals surface area (Å²) >= 11 is 0. The number of hydrogen-bond acceptors (Lipinski definition) is 3. The molecule has 0 bridgehead atoms. The number of ether oxygens (including phenoxy) is 1. The summed E-state index contributed by atoms with van der Waals surface area (Å²) in [5.74, 6) is -1.37. The van der Waals surface area contributed by atoms with E-state index in [0.29, 0.717) is 16.8 Å². The molecule has 4 nitrogen and oxygen atoms in total. The van der Waals surface area contributed by atoms with Crippen LogP contribution < -0.4 is 5.32 Å². The Balaban J connectivity index is 1.98. The summed E-state index contributed by atoms with van der Waals surface area (Å²) in [6.45, 7) is 3.86. The number of carbonyl (C=O) groups is 2. The minimum atomic E-state index is -1.36. The molecule has 1 saturated heterocycles. The Morgan fingerprint density at radius 1 is 1.00 bits per heavy atom. The first kappa shape index (κ1) is 12.8. The number of hydrogen-bond donors (Lipinski definition) is 1. The average molecular weight is 291 g/mol. The minimum absolute atomic E-state index is 0.304. The molecule has 0 saturated carbocycles. The molecule has 1 spiro atoms. The quantitative estimate of drug-likeness (QED) is 0.649. The van der Waals surface area contributed by atoms with Crippen LogP contribution in [0.3, 0.4) is 0 Å². The highest BCUT2D eigenvalue weighted by molar-refractivity contribution is 6.11. The van der Waals surface area contributed by atoms with Crippen molar-refractivity contribution in [3.8, 4) is 0 Å². The lowest BCUT2D eigenvalue weighted by Crippen LogP contribution is -2.39. The molecule has 0 aliphatic carbocycles. The van der Waals surface area contributed by atoms with Crippen molar-refractivity contribution in [1.82, 2.24) is 0 Å². The Kier molecular flexibility index (Phi) is 2.51. The summed E-state index contributed by atoms with van der Waals surface area (Å²) in [7, 11) is 0. The summed E-state index contributed by atoms with van der Waals surface area (Å²) in [4.78, 5) is 24.9. The van der Waals surface area contributed by atoms with Gasteiger partial charge in [-0.05, 0) is 11.6 Å². The van der Waals surface area contributed by atoms with E-state index in [9.17, 15) is 9.59 Å². The standard InChI is InChI=1S/C18H13NO3/c1-11-15(12-7-3-2-4-8-12)18(22-16(11)20)13-9-5-6-10-14(13)19-17(18)21/h2-10,15H,1H2,(H,19,21). The predicted octanol–water partition coefficient (Wildman–Crippen LogP) is 2.73. The molecule has 4 heteroatoms. The van der Waals surface area contributed by atoms with Crippen molar-refractivity contribution >= 4 is 17.6 Å². The number of nitrogens with one attached hydrogen (secondary N) is 1. The first-order valence-corrected chi connectivity index (χ1v) is 7.02. The van der Waals surface area contributed by atoms with Crippen LogP contribution in [0, 0.1) is 0 Å². The van der Waals surface area contributed by atoms with Crippen molar-refractivity contribution in [3.05, 3.63) is 77.9 Å². The van der Waals surface area contributed by atoms with E-state index < -0.39 is 17.5 Å². The number of esters is 1. The number of anilines is 1. The van der Waals surface area contributed by atoms with Gasteiger partial charge in [0.25, 0.3) is 5.91 Å². The molecule has 2 unspecified atom stereocenters. The van der Waals surface area contributed by atoms with Crippen LogP contribution in [0.25, 0.3) is 0 Å². The molecule has 1 amide bonds. The number of benzene rings is 2. The highest BCUT2D eigenvalue weighted by Gasteiger charge is 2.62. The first-order chi connectivity index (χ1) is 10.6. The molecule has 2 atom stereocenters. The van der Waals surface area contributed by atoms with Gasteiger partial charge in [0.1, 0.15) is 0 Å². The maximum atomic E-state index is 12.7. The van der Waals surface area contributed by atoms with Crippen LogP contribution >= 0.6 is 0 Å². The van der Waals surface area contributed by atoms with Gasteiger partial charge in [0.05, 0.1) is 5.92 Å². The van der Waals surface area contributed by atoms with E-state index in [-0.39, 0.29) is 5.91 Å². The van der Waals surface area contributed by atoms with Gasteiger partial charge in [-0.15, -0.1) is 0 Å². The minimum Gasteiger partial charge on any atom is -0.439 e. The Hall–Kier alpha value is -2.88. The van der Waals surface area contributed by atoms with E-state index in [4.69, 9.17) is 4.74 Å². The van der Waals surface area contributed by atoms with Crippen molar-refractivity contribution in [2.24, 2.45) is 0 Å². The highest BCUT2D eigenvalue weighted by atomic mass is 16.6. The fourth-order valence-electron chi connectivity index (χ4n) is 3.36. The molecule has 4 rings (SSSR count). The Morgan fingerprint density at radius 3 is 2.45 bits per heavy atom. The highest BCUT2D eigenvalue weighted by Crippen LogP contribution is 2.55. The second-order valence-electron chi connectivity index (χ2n) is 5.49. The second-order valence-corrected chi connectivity index (χ2v) is 5.49. The molecular weight excluding hydrogens is 278 g/mol. The summed E-state index contributed by atoms with van der Waals surface area (Å²) in [5.41, 5.74) is 1.14. The van der Waals surface area contributed by atoms with Crippen molar-refractivity contribution in [2.45, 2.75) is 11.5 Å². The average Bonchev–Trinajstić information content (AvgIpc) is 2.96. The summed E-state index contributed by atoms with van der Waals surface area (Å²) < 4.78 is 5.58. The van der Waals surface area contributed by atoms with E-state index in [1.54, 1.807) is 6.07 Å². The third-order valence-corrected chi connectivity index (χ3v) is 4.32. The van der Waals surface area contributed by atoms with E-state index in [1.165, 1.54) is 0 Å². The van der Waals surface area contributed by atoms with E-state index in [0.717, 1.165) is 5.56 Å². The van der Waals surface area contributed by atoms with Gasteiger partial charge in [-0.1, -0.05) is 55.1 Å². The van der Waals surface area contributed by atoms with Crippen molar-refractivity contribution < 1.29 is 14.3 Å². The fourth-order valence-corrected chi connectivity index (χ4v) is 3.36. The zero-order valence-electron chi connectivity index (χ0n) is 11.7. The third kappa shape index (κ3) is 1.46. The van der Waals surface area contributed by atoms with Crippen molar-refractivity contribution in [1.29, 1.82) is 0 Å². The molecule has 1 fully saturated rings. The molecule has 2 aromatic rings. The van der Waals surface area contributed by atoms with Crippen LogP contribution in [0.2, 0.25) is 0 Å². The number of fused-ring (bicyclic) bond motifs is 2. The maximum Gasteiger partial charge on any atom is 0.335 e. The summed E-state index contributed by atoms with van der Waals surface area (Å²) in [5, 5.41) is 2.81. The lowest BCUT2D eigenvalue weighted by molar-refractivity contribution is -0.156. The topological polar surface area (TPSA) is 55.4 Å². The molecule has 2 aliphatic rings. The Morgan fingerprint density at radius 2 is 1.68 bits per heavy atom. The first-order valence-electron chi connectivity index (χ1n) is 7.02. The molecule has 2 heterocycles. The monoisotopic (exact) mass is 291 g/mol. The Labute approximate surface area is 127 Å². The van der Waals surface area contributed by atoms with Gasteiger partial charge in [0.2, 0.25) is 5.60 Å². The predicted molar refractivity (Wildman–Crippen MR) is 81.2 cm³/mol. The molecule has 1 N–H and O–H groups in total. The molecular formula is C18H13NO3. The molecule has 2 aromatic carbocycles. The van der Waals surface area contributed by atoms with Gasteiger partial charge in [-0.25, -0.2) is 4.79 Å². The molecule has 2 aliphatic heterocycles.